The number of ether oxygens (including phenoxy) is 2. The Kier molecular flexibility index (Phi) is 8.31. The summed E-state index contributed by atoms with van der Waals surface area (Å²) < 4.78 is 10.5. The summed E-state index contributed by atoms with van der Waals surface area (Å²) in [4.78, 5) is 49.0. The highest BCUT2D eigenvalue weighted by Gasteiger charge is 2.43. The minimum atomic E-state index is -1.08. The molecular weight excluding hydrogens is 482 g/mol. The van der Waals surface area contributed by atoms with E-state index in [0.29, 0.717) is 22.7 Å². The van der Waals surface area contributed by atoms with Crippen molar-refractivity contribution in [1.29, 1.82) is 0 Å². The van der Waals surface area contributed by atoms with Crippen molar-refractivity contribution in [1.82, 2.24) is 10.6 Å². The molecule has 0 radical (unpaired) electrons. The molecule has 0 saturated carbocycles. The third kappa shape index (κ3) is 5.62. The van der Waals surface area contributed by atoms with Crippen LogP contribution in [-0.4, -0.2) is 48.1 Å². The second-order valence-corrected chi connectivity index (χ2v) is 8.49. The smallest absolute Gasteiger partial charge is 0.328 e. The second kappa shape index (κ2) is 11.4. The number of aromatic hydroxyl groups is 1. The molecule has 3 atom stereocenters. The van der Waals surface area contributed by atoms with E-state index >= 15 is 0 Å². The number of carbonyl (C=O) groups excluding carboxylic acids is 3. The number of hydrogen-bond donors (Lipinski definition) is 3. The molecular formula is C26H27N3O8. The summed E-state index contributed by atoms with van der Waals surface area (Å²) in [5, 5.41) is 26.9. The van der Waals surface area contributed by atoms with E-state index in [1.807, 2.05) is 0 Å². The van der Waals surface area contributed by atoms with Gasteiger partial charge in [0.15, 0.2) is 0 Å². The van der Waals surface area contributed by atoms with E-state index in [4.69, 9.17) is 9.47 Å². The summed E-state index contributed by atoms with van der Waals surface area (Å²) in [5.41, 5.74) is 1.12. The van der Waals surface area contributed by atoms with Crippen molar-refractivity contribution in [2.24, 2.45) is 11.8 Å². The summed E-state index contributed by atoms with van der Waals surface area (Å²) in [7, 11) is 2.59. The van der Waals surface area contributed by atoms with Crippen LogP contribution in [0.15, 0.2) is 76.5 Å². The highest BCUT2D eigenvalue weighted by Crippen LogP contribution is 2.42. The van der Waals surface area contributed by atoms with E-state index in [1.54, 1.807) is 38.0 Å². The number of dihydropyridines is 1. The molecule has 1 aliphatic heterocycles. The fourth-order valence-electron chi connectivity index (χ4n) is 4.56. The zero-order valence-electron chi connectivity index (χ0n) is 20.7. The van der Waals surface area contributed by atoms with E-state index < -0.39 is 40.4 Å². The van der Waals surface area contributed by atoms with Crippen LogP contribution in [0.4, 0.5) is 0 Å². The highest BCUT2D eigenvalue weighted by atomic mass is 16.6. The van der Waals surface area contributed by atoms with Gasteiger partial charge >= 0.3 is 5.97 Å². The lowest BCUT2D eigenvalue weighted by Gasteiger charge is -2.35. The Morgan fingerprint density at radius 1 is 1.22 bits per heavy atom. The number of nitrogens with one attached hydrogen (secondary N) is 2. The van der Waals surface area contributed by atoms with Gasteiger partial charge in [0.2, 0.25) is 5.91 Å². The Morgan fingerprint density at radius 2 is 1.89 bits per heavy atom. The zero-order chi connectivity index (χ0) is 27.3. The zero-order valence-corrected chi connectivity index (χ0v) is 20.7. The van der Waals surface area contributed by atoms with Gasteiger partial charge in [-0.3, -0.25) is 14.9 Å². The maximum atomic E-state index is 13.7. The lowest BCUT2D eigenvalue weighted by molar-refractivity contribution is -0.421. The quantitative estimate of drug-likeness (QED) is 0.206. The molecule has 2 aliphatic rings. The molecule has 3 N–H and O–H groups in total. The Hall–Kier alpha value is -4.63. The molecule has 1 aromatic carbocycles. The number of nitro groups is 1. The van der Waals surface area contributed by atoms with Crippen molar-refractivity contribution in [3.05, 3.63) is 92.2 Å². The molecule has 0 bridgehead atoms. The summed E-state index contributed by atoms with van der Waals surface area (Å²) in [6.45, 7) is 3.36. The van der Waals surface area contributed by atoms with E-state index in [1.165, 1.54) is 38.5 Å². The van der Waals surface area contributed by atoms with Crippen LogP contribution in [0.3, 0.4) is 0 Å². The van der Waals surface area contributed by atoms with Crippen molar-refractivity contribution < 1.29 is 33.9 Å². The standard InChI is InChI=1S/C26H27N3O8/c1-14-22(25(32)28-20(26(33)37-4)12-16-8-10-17(31)11-9-16)23(24(36-3)15(2)27-14)18-6-5-7-21(29(34)35)19(18)13-30/h5-11,18,20,23,27,31H,12H2,1-4H3,(H,28,32)/t18?,20-,23-/m0/s1. The van der Waals surface area contributed by atoms with E-state index in [9.17, 15) is 29.6 Å². The van der Waals surface area contributed by atoms with Crippen LogP contribution in [0.5, 0.6) is 5.75 Å². The molecule has 1 aromatic rings. The maximum Gasteiger partial charge on any atom is 0.328 e. The Morgan fingerprint density at radius 3 is 2.46 bits per heavy atom. The Bertz CT molecular complexity index is 1280. The number of benzene rings is 1. The third-order valence-corrected chi connectivity index (χ3v) is 6.22. The van der Waals surface area contributed by atoms with Gasteiger partial charge in [0.25, 0.3) is 5.70 Å². The molecule has 0 spiro atoms. The van der Waals surface area contributed by atoms with Gasteiger partial charge in [-0.1, -0.05) is 24.3 Å². The number of allylic oxidation sites excluding steroid dienone is 7. The number of nitrogens with zero attached hydrogens (tertiary/aromatic N) is 1. The van der Waals surface area contributed by atoms with Crippen LogP contribution in [-0.2, 0) is 30.3 Å². The van der Waals surface area contributed by atoms with Crippen molar-refractivity contribution >= 4 is 17.8 Å². The predicted octanol–water partition coefficient (Wildman–Crippen LogP) is 2.07. The number of carbonyl (C=O) groups is 2. The highest BCUT2D eigenvalue weighted by molar-refractivity contribution is 5.98. The molecule has 37 heavy (non-hydrogen) atoms. The Balaban J connectivity index is 2.02. The second-order valence-electron chi connectivity index (χ2n) is 8.49. The topological polar surface area (TPSA) is 157 Å². The summed E-state index contributed by atoms with van der Waals surface area (Å²) >= 11 is 0. The first kappa shape index (κ1) is 27.0. The first-order chi connectivity index (χ1) is 17.6. The Labute approximate surface area is 213 Å². The number of rotatable bonds is 8. The van der Waals surface area contributed by atoms with E-state index in [0.717, 1.165) is 0 Å². The van der Waals surface area contributed by atoms with Gasteiger partial charge in [-0.2, -0.15) is 0 Å². The SMILES string of the molecule is COC(=O)[C@H](Cc1ccc(O)cc1)NC(=O)C1=C(C)NC(C)=C(OC)[C@H]1C1C=CC=C([N+](=O)[O-])C1=C=O. The molecule has 11 nitrogen and oxygen atoms in total. The maximum absolute atomic E-state index is 13.7. The molecule has 1 unspecified atom stereocenters. The van der Waals surface area contributed by atoms with Crippen LogP contribution < -0.4 is 10.6 Å². The number of methoxy groups -OCH3 is 2. The van der Waals surface area contributed by atoms with Crippen molar-refractivity contribution in [2.75, 3.05) is 14.2 Å². The van der Waals surface area contributed by atoms with Gasteiger partial charge in [-0.25, -0.2) is 9.59 Å². The van der Waals surface area contributed by atoms with Crippen LogP contribution in [0.2, 0.25) is 0 Å². The summed E-state index contributed by atoms with van der Waals surface area (Å²) in [6, 6.07) is 5.06. The normalized spacial score (nSPS) is 19.9. The molecule has 0 aromatic heterocycles. The minimum Gasteiger partial charge on any atom is -0.508 e. The molecule has 1 aliphatic carbocycles. The molecule has 0 saturated heterocycles. The fraction of sp³-hybridized carbons (Fsp3) is 0.308. The number of hydrogen-bond acceptors (Lipinski definition) is 9. The van der Waals surface area contributed by atoms with Crippen molar-refractivity contribution in [2.45, 2.75) is 26.3 Å². The minimum absolute atomic E-state index is 0.0521. The molecule has 0 fully saturated rings. The third-order valence-electron chi connectivity index (χ3n) is 6.22. The van der Waals surface area contributed by atoms with Crippen LogP contribution in [0.25, 0.3) is 0 Å². The summed E-state index contributed by atoms with van der Waals surface area (Å²) in [6.07, 6.45) is 4.29. The lowest BCUT2D eigenvalue weighted by atomic mass is 9.74. The van der Waals surface area contributed by atoms with Gasteiger partial charge in [-0.15, -0.1) is 0 Å². The fourth-order valence-corrected chi connectivity index (χ4v) is 4.56. The molecule has 1 heterocycles. The molecule has 3 rings (SSSR count). The van der Waals surface area contributed by atoms with E-state index in [-0.39, 0.29) is 23.3 Å². The monoisotopic (exact) mass is 509 g/mol. The average molecular weight is 510 g/mol. The van der Waals surface area contributed by atoms with Gasteiger partial charge in [0, 0.05) is 29.7 Å². The average Bonchev–Trinajstić information content (AvgIpc) is 2.87. The van der Waals surface area contributed by atoms with Crippen LogP contribution in [0, 0.1) is 22.0 Å². The molecule has 11 heteroatoms. The first-order valence-electron chi connectivity index (χ1n) is 11.3. The van der Waals surface area contributed by atoms with Crippen LogP contribution >= 0.6 is 0 Å². The van der Waals surface area contributed by atoms with Gasteiger partial charge in [-0.05, 0) is 31.5 Å². The number of phenolic OH excluding ortho intramolecular Hbond substituents is 1. The van der Waals surface area contributed by atoms with Gasteiger partial charge < -0.3 is 25.2 Å². The number of esters is 1. The van der Waals surface area contributed by atoms with Gasteiger partial charge in [0.1, 0.15) is 29.1 Å². The molecule has 194 valence electrons. The van der Waals surface area contributed by atoms with E-state index in [2.05, 4.69) is 10.6 Å². The number of amides is 1. The van der Waals surface area contributed by atoms with Crippen LogP contribution in [0.1, 0.15) is 19.4 Å². The van der Waals surface area contributed by atoms with Crippen molar-refractivity contribution in [3.8, 4) is 5.75 Å². The van der Waals surface area contributed by atoms with Gasteiger partial charge in [0.05, 0.1) is 30.8 Å². The lowest BCUT2D eigenvalue weighted by Crippen LogP contribution is -2.47. The van der Waals surface area contributed by atoms with Crippen molar-refractivity contribution in [3.63, 3.8) is 0 Å². The first-order valence-corrected chi connectivity index (χ1v) is 11.3. The predicted molar refractivity (Wildman–Crippen MR) is 132 cm³/mol. The largest absolute Gasteiger partial charge is 0.508 e. The molecule has 1 amide bonds. The number of phenols is 1. The summed E-state index contributed by atoms with van der Waals surface area (Å²) in [5.74, 6) is -1.16.